The Labute approximate surface area is 126 Å². The van der Waals surface area contributed by atoms with Crippen molar-refractivity contribution >= 4 is 0 Å². The van der Waals surface area contributed by atoms with E-state index in [1.807, 2.05) is 6.07 Å². The second-order valence-electron chi connectivity index (χ2n) is 6.10. The molecule has 2 nitrogen and oxygen atoms in total. The van der Waals surface area contributed by atoms with Crippen LogP contribution in [0, 0.1) is 12.8 Å². The van der Waals surface area contributed by atoms with Crippen LogP contribution in [0.1, 0.15) is 41.3 Å². The number of aliphatic hydroxyl groups is 1. The topological polar surface area (TPSA) is 32.3 Å². The summed E-state index contributed by atoms with van der Waals surface area (Å²) < 4.78 is 0. The zero-order valence-electron chi connectivity index (χ0n) is 12.7. The van der Waals surface area contributed by atoms with Crippen LogP contribution >= 0.6 is 0 Å². The van der Waals surface area contributed by atoms with E-state index in [4.69, 9.17) is 0 Å². The van der Waals surface area contributed by atoms with Crippen LogP contribution in [-0.4, -0.2) is 11.7 Å². The predicted molar refractivity (Wildman–Crippen MR) is 86.2 cm³/mol. The Morgan fingerprint density at radius 3 is 2.57 bits per heavy atom. The second-order valence-corrected chi connectivity index (χ2v) is 6.10. The number of aryl methyl sites for hydroxylation is 1. The summed E-state index contributed by atoms with van der Waals surface area (Å²) in [6.45, 7) is 5.16. The zero-order chi connectivity index (χ0) is 14.8. The van der Waals surface area contributed by atoms with Gasteiger partial charge in [0.05, 0.1) is 6.10 Å². The minimum absolute atomic E-state index is 0.220. The fraction of sp³-hybridized carbons (Fsp3) is 0.368. The largest absolute Gasteiger partial charge is 0.388 e. The quantitative estimate of drug-likeness (QED) is 0.898. The van der Waals surface area contributed by atoms with Crippen molar-refractivity contribution < 1.29 is 5.11 Å². The molecule has 0 spiro atoms. The van der Waals surface area contributed by atoms with E-state index in [0.29, 0.717) is 0 Å². The normalized spacial score (nSPS) is 24.0. The average Bonchev–Trinajstić information content (AvgIpc) is 2.73. The Hall–Kier alpha value is -1.64. The van der Waals surface area contributed by atoms with Gasteiger partial charge in [0.15, 0.2) is 0 Å². The van der Waals surface area contributed by atoms with Crippen LogP contribution in [0.15, 0.2) is 48.5 Å². The van der Waals surface area contributed by atoms with Gasteiger partial charge >= 0.3 is 0 Å². The maximum atomic E-state index is 10.4. The number of fused-ring (bicyclic) bond motifs is 1. The molecule has 3 atom stereocenters. The highest BCUT2D eigenvalue weighted by Gasteiger charge is 2.36. The molecule has 0 radical (unpaired) electrons. The van der Waals surface area contributed by atoms with Gasteiger partial charge in [-0.2, -0.15) is 0 Å². The summed E-state index contributed by atoms with van der Waals surface area (Å²) in [6, 6.07) is 17.1. The molecule has 2 aromatic rings. The molecule has 2 aromatic carbocycles. The third-order valence-electron chi connectivity index (χ3n) is 4.54. The van der Waals surface area contributed by atoms with Crippen molar-refractivity contribution in [1.29, 1.82) is 0 Å². The number of nitrogens with one attached hydrogen (secondary N) is 1. The molecule has 0 heterocycles. The van der Waals surface area contributed by atoms with Crippen molar-refractivity contribution in [3.05, 3.63) is 70.8 Å². The Balaban J connectivity index is 1.70. The van der Waals surface area contributed by atoms with Crippen LogP contribution in [0.3, 0.4) is 0 Å². The number of hydrogen-bond donors (Lipinski definition) is 2. The Bertz CT molecular complexity index is 608. The molecule has 0 bridgehead atoms. The van der Waals surface area contributed by atoms with Crippen molar-refractivity contribution in [2.24, 2.45) is 5.92 Å². The van der Waals surface area contributed by atoms with Gasteiger partial charge in [0.25, 0.3) is 0 Å². The van der Waals surface area contributed by atoms with Gasteiger partial charge in [-0.05, 0) is 36.6 Å². The number of rotatable bonds is 4. The summed E-state index contributed by atoms with van der Waals surface area (Å²) in [7, 11) is 0. The lowest BCUT2D eigenvalue weighted by atomic mass is 10.0. The van der Waals surface area contributed by atoms with Gasteiger partial charge in [0, 0.05) is 12.0 Å². The molecule has 1 aliphatic carbocycles. The van der Waals surface area contributed by atoms with E-state index in [0.717, 1.165) is 18.5 Å². The lowest BCUT2D eigenvalue weighted by Gasteiger charge is -2.20. The van der Waals surface area contributed by atoms with Gasteiger partial charge in [-0.15, -0.1) is 0 Å². The summed E-state index contributed by atoms with van der Waals surface area (Å²) >= 11 is 0. The molecule has 3 unspecified atom stereocenters. The molecular weight excluding hydrogens is 258 g/mol. The van der Waals surface area contributed by atoms with Crippen molar-refractivity contribution in [3.8, 4) is 0 Å². The maximum absolute atomic E-state index is 10.4. The van der Waals surface area contributed by atoms with E-state index in [1.165, 1.54) is 16.7 Å². The summed E-state index contributed by atoms with van der Waals surface area (Å²) in [4.78, 5) is 0. The lowest BCUT2D eigenvalue weighted by Crippen LogP contribution is -2.27. The van der Waals surface area contributed by atoms with Gasteiger partial charge in [0.1, 0.15) is 0 Å². The highest BCUT2D eigenvalue weighted by Crippen LogP contribution is 2.43. The molecule has 2 N–H and O–H groups in total. The standard InChI is InChI=1S/C19H23NO/c1-13-8-9-16-17(12-13)18(14(2)19(16)21)20-11-10-15-6-4-3-5-7-15/h3-9,12,14,18-21H,10-11H2,1-2H3. The minimum atomic E-state index is -0.352. The van der Waals surface area contributed by atoms with E-state index in [9.17, 15) is 5.11 Å². The van der Waals surface area contributed by atoms with E-state index in [2.05, 4.69) is 61.6 Å². The first-order valence-corrected chi connectivity index (χ1v) is 7.72. The lowest BCUT2D eigenvalue weighted by molar-refractivity contribution is 0.114. The number of benzene rings is 2. The average molecular weight is 281 g/mol. The van der Waals surface area contributed by atoms with Gasteiger partial charge in [0.2, 0.25) is 0 Å². The molecule has 0 saturated carbocycles. The minimum Gasteiger partial charge on any atom is -0.388 e. The Morgan fingerprint density at radius 2 is 1.81 bits per heavy atom. The first kappa shape index (κ1) is 14.3. The number of hydrogen-bond acceptors (Lipinski definition) is 2. The molecule has 110 valence electrons. The van der Waals surface area contributed by atoms with Gasteiger partial charge < -0.3 is 10.4 Å². The zero-order valence-corrected chi connectivity index (χ0v) is 12.7. The molecule has 0 saturated heterocycles. The molecule has 0 fully saturated rings. The second kappa shape index (κ2) is 6.00. The highest BCUT2D eigenvalue weighted by molar-refractivity contribution is 5.40. The summed E-state index contributed by atoms with van der Waals surface area (Å²) in [5.74, 6) is 0.220. The number of aliphatic hydroxyl groups excluding tert-OH is 1. The van der Waals surface area contributed by atoms with Gasteiger partial charge in [-0.25, -0.2) is 0 Å². The van der Waals surface area contributed by atoms with Crippen LogP contribution in [0.2, 0.25) is 0 Å². The molecule has 0 aliphatic heterocycles. The van der Waals surface area contributed by atoms with Crippen LogP contribution in [-0.2, 0) is 6.42 Å². The predicted octanol–water partition coefficient (Wildman–Crippen LogP) is 3.55. The van der Waals surface area contributed by atoms with Crippen LogP contribution < -0.4 is 5.32 Å². The van der Waals surface area contributed by atoms with Crippen molar-refractivity contribution in [2.75, 3.05) is 6.54 Å². The van der Waals surface area contributed by atoms with E-state index < -0.39 is 0 Å². The fourth-order valence-corrected chi connectivity index (χ4v) is 3.29. The first-order chi connectivity index (χ1) is 10.2. The molecule has 1 aliphatic rings. The fourth-order valence-electron chi connectivity index (χ4n) is 3.29. The smallest absolute Gasteiger partial charge is 0.0837 e. The molecule has 21 heavy (non-hydrogen) atoms. The maximum Gasteiger partial charge on any atom is 0.0837 e. The third kappa shape index (κ3) is 2.87. The summed E-state index contributed by atoms with van der Waals surface area (Å²) in [5, 5.41) is 14.0. The van der Waals surface area contributed by atoms with E-state index in [-0.39, 0.29) is 18.1 Å². The Morgan fingerprint density at radius 1 is 1.05 bits per heavy atom. The molecular formula is C19H23NO. The third-order valence-corrected chi connectivity index (χ3v) is 4.54. The van der Waals surface area contributed by atoms with Gasteiger partial charge in [-0.1, -0.05) is 61.0 Å². The monoisotopic (exact) mass is 281 g/mol. The SMILES string of the molecule is Cc1ccc2c(c1)C(NCCc1ccccc1)C(C)C2O. The van der Waals surface area contributed by atoms with Crippen molar-refractivity contribution in [3.63, 3.8) is 0 Å². The van der Waals surface area contributed by atoms with Crippen LogP contribution in [0.25, 0.3) is 0 Å². The van der Waals surface area contributed by atoms with E-state index >= 15 is 0 Å². The highest BCUT2D eigenvalue weighted by atomic mass is 16.3. The van der Waals surface area contributed by atoms with Gasteiger partial charge in [-0.3, -0.25) is 0 Å². The molecule has 0 amide bonds. The molecule has 3 rings (SSSR count). The van der Waals surface area contributed by atoms with Crippen LogP contribution in [0.4, 0.5) is 0 Å². The van der Waals surface area contributed by atoms with E-state index in [1.54, 1.807) is 0 Å². The summed E-state index contributed by atoms with van der Waals surface area (Å²) in [6.07, 6.45) is 0.663. The molecule has 0 aromatic heterocycles. The van der Waals surface area contributed by atoms with Crippen LogP contribution in [0.5, 0.6) is 0 Å². The first-order valence-electron chi connectivity index (χ1n) is 7.72. The summed E-state index contributed by atoms with van der Waals surface area (Å²) in [5.41, 5.74) is 4.96. The van der Waals surface area contributed by atoms with Crippen molar-refractivity contribution in [2.45, 2.75) is 32.4 Å². The molecule has 2 heteroatoms. The Kier molecular flexibility index (Phi) is 4.09. The van der Waals surface area contributed by atoms with Crippen molar-refractivity contribution in [1.82, 2.24) is 5.32 Å².